The van der Waals surface area contributed by atoms with Crippen LogP contribution in [-0.4, -0.2) is 36.0 Å². The summed E-state index contributed by atoms with van der Waals surface area (Å²) in [6.45, 7) is 4.32. The van der Waals surface area contributed by atoms with Gasteiger partial charge in [-0.15, -0.1) is 0 Å². The van der Waals surface area contributed by atoms with Crippen molar-refractivity contribution < 1.29 is 20.7 Å². The molecule has 2 heterocycles. The summed E-state index contributed by atoms with van der Waals surface area (Å²) in [5.74, 6) is -0.643. The fourth-order valence-corrected chi connectivity index (χ4v) is 1.85. The van der Waals surface area contributed by atoms with Gasteiger partial charge in [0.25, 0.3) is 0 Å². The molecule has 0 radical (unpaired) electrons. The van der Waals surface area contributed by atoms with Crippen molar-refractivity contribution in [3.05, 3.63) is 0 Å². The van der Waals surface area contributed by atoms with E-state index < -0.39 is 24.8 Å². The Morgan fingerprint density at radius 2 is 2.15 bits per heavy atom. The summed E-state index contributed by atoms with van der Waals surface area (Å²) in [4.78, 5) is 0. The Kier molecular flexibility index (Phi) is 1.83. The molecule has 0 aliphatic carbocycles. The van der Waals surface area contributed by atoms with Crippen molar-refractivity contribution in [2.75, 3.05) is 6.58 Å². The van der Waals surface area contributed by atoms with Crippen molar-refractivity contribution in [3.63, 3.8) is 0 Å². The highest BCUT2D eigenvalue weighted by Gasteiger charge is 2.52. The Labute approximate surface area is 79.2 Å². The Hall–Kier alpha value is -0.160. The molecule has 13 heavy (non-hydrogen) atoms. The van der Waals surface area contributed by atoms with Crippen LogP contribution < -0.4 is 0 Å². The van der Waals surface area contributed by atoms with Gasteiger partial charge in [0.05, 0.1) is 14.1 Å². The predicted molar refractivity (Wildman–Crippen MR) is 44.9 cm³/mol. The van der Waals surface area contributed by atoms with Crippen LogP contribution in [0.5, 0.6) is 0 Å². The largest absolute Gasteiger partial charge is 0.394 e. The number of hydrogen-bond acceptors (Lipinski definition) is 4. The van der Waals surface area contributed by atoms with Crippen molar-refractivity contribution in [2.24, 2.45) is 5.92 Å². The molecule has 4 heteroatoms. The van der Waals surface area contributed by atoms with E-state index in [1.165, 1.54) is 0 Å². The number of hydrogen-bond donors (Lipinski definition) is 1. The molecule has 0 spiro atoms. The summed E-state index contributed by atoms with van der Waals surface area (Å²) in [6.07, 6.45) is -1.12. The lowest BCUT2D eigenvalue weighted by Gasteiger charge is -2.22. The van der Waals surface area contributed by atoms with Crippen LogP contribution >= 0.6 is 0 Å². The summed E-state index contributed by atoms with van der Waals surface area (Å²) in [5.41, 5.74) is 0. The van der Waals surface area contributed by atoms with Crippen molar-refractivity contribution >= 4 is 0 Å². The molecule has 2 fully saturated rings. The molecule has 0 aromatic rings. The third-order valence-corrected chi connectivity index (χ3v) is 2.56. The van der Waals surface area contributed by atoms with E-state index in [1.807, 2.05) is 20.8 Å². The Balaban J connectivity index is 2.08. The zero-order valence-electron chi connectivity index (χ0n) is 9.06. The zero-order chi connectivity index (χ0) is 10.5. The van der Waals surface area contributed by atoms with E-state index in [1.54, 1.807) is 0 Å². The number of aliphatic hydroxyl groups is 1. The monoisotopic (exact) mass is 189 g/mol. The fraction of sp³-hybridized carbons (Fsp3) is 1.00. The Morgan fingerprint density at radius 1 is 1.46 bits per heavy atom. The minimum absolute atomic E-state index is 0.0192. The molecule has 1 N–H and O–H groups in total. The van der Waals surface area contributed by atoms with Crippen molar-refractivity contribution in [2.45, 2.75) is 45.1 Å². The molecule has 0 amide bonds. The molecule has 4 nitrogen and oxygen atoms in total. The number of fused-ring (bicyclic) bond motifs is 1. The molecule has 2 saturated heterocycles. The molecule has 0 aromatic heterocycles. The van der Waals surface area contributed by atoms with Crippen LogP contribution in [0.15, 0.2) is 0 Å². The van der Waals surface area contributed by atoms with Crippen LogP contribution in [0, 0.1) is 5.92 Å². The molecular weight excluding hydrogens is 172 g/mol. The predicted octanol–water partition coefficient (Wildman–Crippen LogP) is 0.491. The summed E-state index contributed by atoms with van der Waals surface area (Å²) < 4.78 is 23.7. The van der Waals surface area contributed by atoms with Crippen LogP contribution in [0.2, 0.25) is 0 Å². The normalized spacial score (nSPS) is 51.5. The van der Waals surface area contributed by atoms with E-state index in [0.29, 0.717) is 0 Å². The van der Waals surface area contributed by atoms with E-state index in [-0.39, 0.29) is 12.0 Å². The van der Waals surface area contributed by atoms with Crippen LogP contribution in [0.3, 0.4) is 0 Å². The lowest BCUT2D eigenvalue weighted by atomic mass is 10.0. The molecule has 0 aromatic carbocycles. The maximum atomic E-state index is 9.14. The topological polar surface area (TPSA) is 47.9 Å². The minimum Gasteiger partial charge on any atom is -0.394 e. The van der Waals surface area contributed by atoms with E-state index in [4.69, 9.17) is 20.7 Å². The van der Waals surface area contributed by atoms with Crippen molar-refractivity contribution in [1.82, 2.24) is 0 Å². The number of rotatable bonds is 1. The van der Waals surface area contributed by atoms with E-state index in [2.05, 4.69) is 0 Å². The van der Waals surface area contributed by atoms with Gasteiger partial charge in [0, 0.05) is 5.92 Å². The first kappa shape index (κ1) is 8.17. The average molecular weight is 189 g/mol. The highest BCUT2D eigenvalue weighted by molar-refractivity contribution is 4.90. The number of aliphatic hydroxyl groups excluding tert-OH is 1. The van der Waals surface area contributed by atoms with Crippen molar-refractivity contribution in [1.29, 1.82) is 0 Å². The maximum Gasteiger partial charge on any atom is 0.187 e. The molecule has 76 valence electrons. The zero-order valence-corrected chi connectivity index (χ0v) is 8.06. The maximum absolute atomic E-state index is 9.14. The first-order valence-electron chi connectivity index (χ1n) is 5.10. The second-order valence-electron chi connectivity index (χ2n) is 4.08. The second kappa shape index (κ2) is 2.92. The van der Waals surface area contributed by atoms with Crippen molar-refractivity contribution in [3.8, 4) is 0 Å². The summed E-state index contributed by atoms with van der Waals surface area (Å²) in [6, 6.07) is 0. The quantitative estimate of drug-likeness (QED) is 0.652. The van der Waals surface area contributed by atoms with Gasteiger partial charge in [0.1, 0.15) is 6.10 Å². The molecule has 5 atom stereocenters. The number of ether oxygens (including phenoxy) is 3. The van der Waals surface area contributed by atoms with Crippen LogP contribution in [0.4, 0.5) is 0 Å². The lowest BCUT2D eigenvalue weighted by Crippen LogP contribution is -2.30. The van der Waals surface area contributed by atoms with Gasteiger partial charge in [-0.3, -0.25) is 0 Å². The minimum atomic E-state index is -1.23. The highest BCUT2D eigenvalue weighted by Crippen LogP contribution is 2.40. The molecule has 1 unspecified atom stereocenters. The van der Waals surface area contributed by atoms with E-state index in [0.717, 1.165) is 0 Å². The molecule has 0 bridgehead atoms. The third-order valence-electron chi connectivity index (χ3n) is 2.56. The SMILES string of the molecule is [2H][C@H](O)[C@H]1O[C@@H]2OC(C)(C)O[C@H]2C1C. The first-order valence-corrected chi connectivity index (χ1v) is 4.52. The van der Waals surface area contributed by atoms with E-state index >= 15 is 0 Å². The van der Waals surface area contributed by atoms with Crippen LogP contribution in [0.25, 0.3) is 0 Å². The molecular formula is C9H16O4. The summed E-state index contributed by atoms with van der Waals surface area (Å²) in [7, 11) is 0. The second-order valence-corrected chi connectivity index (χ2v) is 4.08. The van der Waals surface area contributed by atoms with Gasteiger partial charge < -0.3 is 19.3 Å². The molecule has 2 aliphatic heterocycles. The third kappa shape index (κ3) is 1.48. The van der Waals surface area contributed by atoms with Gasteiger partial charge in [-0.25, -0.2) is 0 Å². The molecule has 0 saturated carbocycles. The molecule has 2 rings (SSSR count). The Morgan fingerprint density at radius 3 is 2.69 bits per heavy atom. The van der Waals surface area contributed by atoms with Gasteiger partial charge in [-0.1, -0.05) is 6.92 Å². The fourth-order valence-electron chi connectivity index (χ4n) is 1.85. The van der Waals surface area contributed by atoms with Gasteiger partial charge in [-0.2, -0.15) is 0 Å². The standard InChI is InChI=1S/C9H16O4/c1-5-6(4-10)11-8-7(5)12-9(2,3)13-8/h5-8,10H,4H2,1-3H3/t5?,6-,7+,8-/m1/s1/i4D/t4-,5?,6+,7-,8+/m0. The van der Waals surface area contributed by atoms with Crippen LogP contribution in [-0.2, 0) is 14.2 Å². The first-order chi connectivity index (χ1) is 6.41. The van der Waals surface area contributed by atoms with Gasteiger partial charge in [0.15, 0.2) is 12.1 Å². The summed E-state index contributed by atoms with van der Waals surface area (Å²) in [5, 5.41) is 9.14. The highest BCUT2D eigenvalue weighted by atomic mass is 16.8. The van der Waals surface area contributed by atoms with E-state index in [9.17, 15) is 0 Å². The van der Waals surface area contributed by atoms with Gasteiger partial charge in [0.2, 0.25) is 0 Å². The van der Waals surface area contributed by atoms with Crippen LogP contribution in [0.1, 0.15) is 22.1 Å². The smallest absolute Gasteiger partial charge is 0.187 e. The summed E-state index contributed by atoms with van der Waals surface area (Å²) >= 11 is 0. The average Bonchev–Trinajstić information content (AvgIpc) is 2.46. The Bertz CT molecular complexity index is 229. The van der Waals surface area contributed by atoms with Gasteiger partial charge >= 0.3 is 0 Å². The molecule has 2 aliphatic rings. The van der Waals surface area contributed by atoms with Gasteiger partial charge in [-0.05, 0) is 13.8 Å². The lowest BCUT2D eigenvalue weighted by molar-refractivity contribution is -0.212.